The zero-order valence-electron chi connectivity index (χ0n) is 14.3. The molecule has 1 heterocycles. The smallest absolute Gasteiger partial charge is 0.131 e. The van der Waals surface area contributed by atoms with Crippen LogP contribution in [0.2, 0.25) is 0 Å². The zero-order valence-corrected chi connectivity index (χ0v) is 14.3. The van der Waals surface area contributed by atoms with Gasteiger partial charge in [-0.15, -0.1) is 0 Å². The van der Waals surface area contributed by atoms with Crippen molar-refractivity contribution in [1.29, 1.82) is 0 Å². The molecule has 0 amide bonds. The minimum Gasteiger partial charge on any atom is -0.383 e. The predicted octanol–water partition coefficient (Wildman–Crippen LogP) is 1.33. The fourth-order valence-electron chi connectivity index (χ4n) is 2.56. The molecule has 6 nitrogen and oxygen atoms in total. The summed E-state index contributed by atoms with van der Waals surface area (Å²) < 4.78 is 12.6. The van der Waals surface area contributed by atoms with E-state index in [0.29, 0.717) is 13.2 Å². The Bertz CT molecular complexity index is 420. The molecule has 0 aromatic carbocycles. The molecule has 0 bridgehead atoms. The van der Waals surface area contributed by atoms with E-state index in [0.717, 1.165) is 31.1 Å². The molecular weight excluding hydrogens is 268 g/mol. The number of aromatic nitrogens is 2. The van der Waals surface area contributed by atoms with Gasteiger partial charge in [0.25, 0.3) is 0 Å². The molecule has 1 rings (SSSR count). The second kappa shape index (κ2) is 9.02. The number of aryl methyl sites for hydroxylation is 2. The number of nitrogens with one attached hydrogen (secondary N) is 1. The molecule has 0 aliphatic heterocycles. The number of methoxy groups -OCH3 is 2. The average Bonchev–Trinajstić information content (AvgIpc) is 2.72. The van der Waals surface area contributed by atoms with Crippen molar-refractivity contribution in [3.8, 4) is 0 Å². The van der Waals surface area contributed by atoms with Crippen LogP contribution in [0.3, 0.4) is 0 Å². The molecule has 6 heteroatoms. The highest BCUT2D eigenvalue weighted by molar-refractivity contribution is 5.51. The standard InChI is InChI=1S/C15H30N4O2/c1-7-16-10-14-13(3)17-18(4)15(14)19(8-9-20-5)12(2)11-21-6/h12,16H,7-11H2,1-6H3. The summed E-state index contributed by atoms with van der Waals surface area (Å²) >= 11 is 0. The first-order valence-electron chi connectivity index (χ1n) is 7.54. The van der Waals surface area contributed by atoms with Crippen molar-refractivity contribution in [1.82, 2.24) is 15.1 Å². The Morgan fingerprint density at radius 2 is 2.05 bits per heavy atom. The van der Waals surface area contributed by atoms with Crippen LogP contribution in [0.1, 0.15) is 25.1 Å². The minimum atomic E-state index is 0.264. The van der Waals surface area contributed by atoms with Crippen LogP contribution >= 0.6 is 0 Å². The molecule has 0 radical (unpaired) electrons. The molecule has 0 spiro atoms. The quantitative estimate of drug-likeness (QED) is 0.706. The van der Waals surface area contributed by atoms with Crippen LogP contribution < -0.4 is 10.2 Å². The molecule has 21 heavy (non-hydrogen) atoms. The molecule has 0 aliphatic rings. The molecule has 1 aromatic heterocycles. The van der Waals surface area contributed by atoms with Crippen LogP contribution in [0, 0.1) is 6.92 Å². The number of anilines is 1. The third-order valence-electron chi connectivity index (χ3n) is 3.61. The molecule has 1 atom stereocenters. The van der Waals surface area contributed by atoms with Crippen molar-refractivity contribution in [2.24, 2.45) is 7.05 Å². The van der Waals surface area contributed by atoms with E-state index in [9.17, 15) is 0 Å². The van der Waals surface area contributed by atoms with Gasteiger partial charge in [-0.1, -0.05) is 6.92 Å². The lowest BCUT2D eigenvalue weighted by Gasteiger charge is -2.31. The van der Waals surface area contributed by atoms with Crippen LogP contribution in [-0.4, -0.2) is 56.3 Å². The number of rotatable bonds is 10. The summed E-state index contributed by atoms with van der Waals surface area (Å²) in [5.41, 5.74) is 2.32. The van der Waals surface area contributed by atoms with Gasteiger partial charge in [-0.25, -0.2) is 0 Å². The van der Waals surface area contributed by atoms with Gasteiger partial charge in [-0.3, -0.25) is 4.68 Å². The zero-order chi connectivity index (χ0) is 15.8. The Morgan fingerprint density at radius 1 is 1.33 bits per heavy atom. The van der Waals surface area contributed by atoms with Crippen LogP contribution in [0.4, 0.5) is 5.82 Å². The first kappa shape index (κ1) is 17.9. The first-order chi connectivity index (χ1) is 10.1. The summed E-state index contributed by atoms with van der Waals surface area (Å²) in [5, 5.41) is 7.99. The maximum absolute atomic E-state index is 5.33. The summed E-state index contributed by atoms with van der Waals surface area (Å²) in [6.45, 7) is 10.3. The Morgan fingerprint density at radius 3 is 2.62 bits per heavy atom. The lowest BCUT2D eigenvalue weighted by Crippen LogP contribution is -2.40. The first-order valence-corrected chi connectivity index (χ1v) is 7.54. The van der Waals surface area contributed by atoms with Gasteiger partial charge in [0.15, 0.2) is 0 Å². The summed E-state index contributed by atoms with van der Waals surface area (Å²) in [6, 6.07) is 0.264. The molecule has 0 aliphatic carbocycles. The molecule has 122 valence electrons. The van der Waals surface area contributed by atoms with Gasteiger partial charge in [-0.2, -0.15) is 5.10 Å². The Balaban J connectivity index is 3.09. The Labute approximate surface area is 128 Å². The number of nitrogens with zero attached hydrogens (tertiary/aromatic N) is 3. The van der Waals surface area contributed by atoms with Crippen molar-refractivity contribution in [3.05, 3.63) is 11.3 Å². The van der Waals surface area contributed by atoms with E-state index in [1.165, 1.54) is 5.56 Å². The van der Waals surface area contributed by atoms with Gasteiger partial charge in [-0.05, 0) is 20.4 Å². The second-order valence-electron chi connectivity index (χ2n) is 5.28. The normalized spacial score (nSPS) is 12.7. The lowest BCUT2D eigenvalue weighted by atomic mass is 10.2. The topological polar surface area (TPSA) is 51.6 Å². The molecular formula is C15H30N4O2. The summed E-state index contributed by atoms with van der Waals surface area (Å²) in [6.07, 6.45) is 0. The molecule has 0 saturated heterocycles. The van der Waals surface area contributed by atoms with Gasteiger partial charge in [0.1, 0.15) is 5.82 Å². The van der Waals surface area contributed by atoms with Crippen molar-refractivity contribution >= 4 is 5.82 Å². The third kappa shape index (κ3) is 4.69. The number of hydrogen-bond acceptors (Lipinski definition) is 5. The van der Waals surface area contributed by atoms with E-state index in [2.05, 4.69) is 36.1 Å². The summed E-state index contributed by atoms with van der Waals surface area (Å²) in [5.74, 6) is 1.15. The second-order valence-corrected chi connectivity index (χ2v) is 5.28. The van der Waals surface area contributed by atoms with Crippen molar-refractivity contribution in [2.45, 2.75) is 33.4 Å². The van der Waals surface area contributed by atoms with Crippen molar-refractivity contribution in [2.75, 3.05) is 45.4 Å². The van der Waals surface area contributed by atoms with Crippen LogP contribution in [0.15, 0.2) is 0 Å². The van der Waals surface area contributed by atoms with E-state index >= 15 is 0 Å². The van der Waals surface area contributed by atoms with E-state index in [1.807, 2.05) is 11.7 Å². The van der Waals surface area contributed by atoms with E-state index in [1.54, 1.807) is 14.2 Å². The van der Waals surface area contributed by atoms with Crippen LogP contribution in [0.5, 0.6) is 0 Å². The maximum Gasteiger partial charge on any atom is 0.131 e. The molecule has 1 aromatic rings. The molecule has 0 saturated carbocycles. The minimum absolute atomic E-state index is 0.264. The van der Waals surface area contributed by atoms with E-state index in [4.69, 9.17) is 9.47 Å². The van der Waals surface area contributed by atoms with Gasteiger partial charge < -0.3 is 19.7 Å². The monoisotopic (exact) mass is 298 g/mol. The largest absolute Gasteiger partial charge is 0.383 e. The highest BCUT2D eigenvalue weighted by Crippen LogP contribution is 2.25. The van der Waals surface area contributed by atoms with Crippen LogP contribution in [-0.2, 0) is 23.1 Å². The highest BCUT2D eigenvalue weighted by Gasteiger charge is 2.23. The highest BCUT2D eigenvalue weighted by atomic mass is 16.5. The number of ether oxygens (including phenoxy) is 2. The van der Waals surface area contributed by atoms with Crippen molar-refractivity contribution in [3.63, 3.8) is 0 Å². The van der Waals surface area contributed by atoms with Gasteiger partial charge in [0.2, 0.25) is 0 Å². The van der Waals surface area contributed by atoms with Crippen LogP contribution in [0.25, 0.3) is 0 Å². The van der Waals surface area contributed by atoms with Gasteiger partial charge >= 0.3 is 0 Å². The van der Waals surface area contributed by atoms with E-state index in [-0.39, 0.29) is 6.04 Å². The van der Waals surface area contributed by atoms with E-state index < -0.39 is 0 Å². The fourth-order valence-corrected chi connectivity index (χ4v) is 2.56. The fraction of sp³-hybridized carbons (Fsp3) is 0.800. The van der Waals surface area contributed by atoms with Crippen molar-refractivity contribution < 1.29 is 9.47 Å². The Kier molecular flexibility index (Phi) is 7.71. The summed E-state index contributed by atoms with van der Waals surface area (Å²) in [4.78, 5) is 2.32. The number of hydrogen-bond donors (Lipinski definition) is 1. The lowest BCUT2D eigenvalue weighted by molar-refractivity contribution is 0.170. The summed E-state index contributed by atoms with van der Waals surface area (Å²) in [7, 11) is 5.46. The maximum atomic E-state index is 5.33. The molecule has 0 fully saturated rings. The molecule has 1 N–H and O–H groups in total. The third-order valence-corrected chi connectivity index (χ3v) is 3.61. The average molecular weight is 298 g/mol. The SMILES string of the molecule is CCNCc1c(C)nn(C)c1N(CCOC)C(C)COC. The van der Waals surface area contributed by atoms with Gasteiger partial charge in [0.05, 0.1) is 24.9 Å². The van der Waals surface area contributed by atoms with Gasteiger partial charge in [0, 0.05) is 39.9 Å². The Hall–Kier alpha value is -1.11. The predicted molar refractivity (Wildman–Crippen MR) is 85.9 cm³/mol. The molecule has 1 unspecified atom stereocenters.